The molecule has 2 aromatic rings. The Morgan fingerprint density at radius 1 is 1.38 bits per heavy atom. The fourth-order valence-electron chi connectivity index (χ4n) is 2.43. The predicted octanol–water partition coefficient (Wildman–Crippen LogP) is 2.34. The lowest BCUT2D eigenvalue weighted by atomic mass is 9.82. The molecule has 9 heteroatoms. The summed E-state index contributed by atoms with van der Waals surface area (Å²) in [5, 5.41) is 15.7. The molecule has 1 aliphatic rings. The van der Waals surface area contributed by atoms with Crippen molar-refractivity contribution in [1.29, 1.82) is 0 Å². The van der Waals surface area contributed by atoms with E-state index in [1.54, 1.807) is 0 Å². The number of nitrogens with one attached hydrogen (secondary N) is 1. The second kappa shape index (κ2) is 8.13. The first-order valence-electron chi connectivity index (χ1n) is 8.22. The molecule has 0 spiro atoms. The van der Waals surface area contributed by atoms with E-state index in [0.29, 0.717) is 17.8 Å². The first-order chi connectivity index (χ1) is 12.6. The van der Waals surface area contributed by atoms with Crippen molar-refractivity contribution < 1.29 is 10.6 Å². The van der Waals surface area contributed by atoms with Gasteiger partial charge in [0.1, 0.15) is 15.7 Å². The van der Waals surface area contributed by atoms with Gasteiger partial charge in [-0.25, -0.2) is 4.39 Å². The molecule has 1 heterocycles. The molecule has 0 radical (unpaired) electrons. The maximum atomic E-state index is 13.9. The third-order valence-corrected chi connectivity index (χ3v) is 5.07. The maximum Gasteiger partial charge on any atom is 0.273 e. The first kappa shape index (κ1) is 18.1. The van der Waals surface area contributed by atoms with Crippen LogP contribution >= 0.6 is 11.3 Å². The Bertz CT molecular complexity index is 822. The Kier molecular flexibility index (Phi) is 5.67. The first-order valence-corrected chi connectivity index (χ1v) is 9.04. The van der Waals surface area contributed by atoms with E-state index in [1.807, 2.05) is 30.3 Å². The number of rotatable bonds is 7. The van der Waals surface area contributed by atoms with Gasteiger partial charge in [-0.2, -0.15) is 5.10 Å². The lowest BCUT2D eigenvalue weighted by Gasteiger charge is -2.31. The Balaban J connectivity index is 0.00000261. The van der Waals surface area contributed by atoms with Gasteiger partial charge in [-0.3, -0.25) is 9.79 Å². The van der Waals surface area contributed by atoms with E-state index in [-0.39, 0.29) is 20.2 Å². The van der Waals surface area contributed by atoms with Crippen molar-refractivity contribution in [2.75, 3.05) is 6.54 Å². The molecule has 1 aliphatic carbocycles. The molecule has 3 N–H and O–H groups in total. The Labute approximate surface area is 155 Å². The normalized spacial score (nSPS) is 16.4. The van der Waals surface area contributed by atoms with Gasteiger partial charge >= 0.3 is 0 Å². The van der Waals surface area contributed by atoms with Gasteiger partial charge < -0.3 is 11.2 Å². The summed E-state index contributed by atoms with van der Waals surface area (Å²) in [6.07, 6.45) is 3.10. The Hall–Kier alpha value is -2.68. The van der Waals surface area contributed by atoms with Gasteiger partial charge in [0, 0.05) is 6.99 Å². The molecule has 138 valence electrons. The lowest BCUT2D eigenvalue weighted by Crippen LogP contribution is -2.36. The molecule has 0 atom stereocenters. The minimum absolute atomic E-state index is 0. The summed E-state index contributed by atoms with van der Waals surface area (Å²) < 4.78 is 13.9. The molecule has 0 saturated heterocycles. The molecule has 7 nitrogen and oxygen atoms in total. The number of hydrogen-bond donors (Lipinski definition) is 2. The number of aromatic nitrogens is 2. The summed E-state index contributed by atoms with van der Waals surface area (Å²) in [4.78, 5) is 16.1. The van der Waals surface area contributed by atoms with Crippen molar-refractivity contribution in [2.45, 2.75) is 31.5 Å². The summed E-state index contributed by atoms with van der Waals surface area (Å²) >= 11 is 1.39. The minimum Gasteiger partial charge on any atom is -0.344 e. The number of nitrogens with zero attached hydrogens (tertiary/aromatic N) is 4. The van der Waals surface area contributed by atoms with Crippen molar-refractivity contribution in [1.82, 2.24) is 15.5 Å². The number of hydrogen-bond acceptors (Lipinski definition) is 7. The average Bonchev–Trinajstić information content (AvgIpc) is 3.11. The number of halogens is 1. The maximum absolute atomic E-state index is 13.9. The zero-order valence-electron chi connectivity index (χ0n) is 14.1. The minimum atomic E-state index is -1.24. The lowest BCUT2D eigenvalue weighted by molar-refractivity contribution is -0.114. The third kappa shape index (κ3) is 4.48. The van der Waals surface area contributed by atoms with E-state index in [0.717, 1.165) is 17.0 Å². The summed E-state index contributed by atoms with van der Waals surface area (Å²) in [6.45, 7) is 0.222. The number of amides is 1. The summed E-state index contributed by atoms with van der Waals surface area (Å²) in [5.41, 5.74) is -0.330. The quantitative estimate of drug-likeness (QED) is 0.439. The van der Waals surface area contributed by atoms with Crippen LogP contribution in [0.4, 0.5) is 4.39 Å². The molecule has 0 unspecified atom stereocenters. The third-order valence-electron chi connectivity index (χ3n) is 4.10. The fourth-order valence-corrected chi connectivity index (χ4v) is 3.22. The number of aliphatic imine (C=N–C) groups is 1. The number of nitrogens with two attached hydrogens (primary N) is 1. The van der Waals surface area contributed by atoms with Crippen LogP contribution in [-0.2, 0) is 11.3 Å². The van der Waals surface area contributed by atoms with Gasteiger partial charge in [0.25, 0.3) is 5.91 Å². The zero-order valence-corrected chi connectivity index (χ0v) is 14.9. The highest BCUT2D eigenvalue weighted by molar-refractivity contribution is 7.14. The van der Waals surface area contributed by atoms with Crippen LogP contribution in [0.2, 0.25) is 0 Å². The topological polar surface area (TPSA) is 106 Å². The smallest absolute Gasteiger partial charge is 0.273 e. The van der Waals surface area contributed by atoms with Crippen LogP contribution in [0.3, 0.4) is 0 Å². The molecule has 0 aliphatic heterocycles. The van der Waals surface area contributed by atoms with E-state index in [2.05, 4.69) is 25.6 Å². The van der Waals surface area contributed by atoms with Crippen LogP contribution in [0.1, 0.15) is 25.7 Å². The number of alkyl halides is 1. The van der Waals surface area contributed by atoms with Crippen molar-refractivity contribution in [3.8, 4) is 10.6 Å². The highest BCUT2D eigenvalue weighted by Gasteiger charge is 2.36. The molecule has 1 aromatic heterocycles. The Morgan fingerprint density at radius 3 is 2.81 bits per heavy atom. The van der Waals surface area contributed by atoms with Crippen molar-refractivity contribution in [3.05, 3.63) is 35.3 Å². The van der Waals surface area contributed by atoms with Gasteiger partial charge in [0.05, 0.1) is 19.3 Å². The molecular formula is C17H21FN6OS. The highest BCUT2D eigenvalue weighted by Crippen LogP contribution is 2.35. The van der Waals surface area contributed by atoms with E-state index < -0.39 is 11.6 Å². The molecule has 1 amide bonds. The van der Waals surface area contributed by atoms with E-state index in [1.165, 1.54) is 17.6 Å². The second-order valence-corrected chi connectivity index (χ2v) is 7.10. The standard InChI is InChI=1S/C17H19FN6OS.H2/c18-17(7-4-8-17)11-20-9-13(22-19)15(25)21-10-14-23-24-16(26-14)12-5-2-1-3-6-12;/h1-3,5-6,9H,4,7-8,10-11,19H2,(H,21,25);1H/b20-9?,22-13+;. The second-order valence-electron chi connectivity index (χ2n) is 6.04. The van der Waals surface area contributed by atoms with E-state index in [4.69, 9.17) is 5.84 Å². The number of hydrazone groups is 1. The zero-order chi connectivity index (χ0) is 18.4. The van der Waals surface area contributed by atoms with E-state index >= 15 is 0 Å². The number of carbonyl (C=O) groups excluding carboxylic acids is 1. The monoisotopic (exact) mass is 376 g/mol. The molecular weight excluding hydrogens is 355 g/mol. The van der Waals surface area contributed by atoms with Gasteiger partial charge in [-0.15, -0.1) is 10.2 Å². The van der Waals surface area contributed by atoms with Crippen LogP contribution in [0.25, 0.3) is 10.6 Å². The molecule has 3 rings (SSSR count). The van der Waals surface area contributed by atoms with Crippen molar-refractivity contribution in [2.24, 2.45) is 15.9 Å². The number of carbonyl (C=O) groups is 1. The molecule has 26 heavy (non-hydrogen) atoms. The van der Waals surface area contributed by atoms with Gasteiger partial charge in [0.15, 0.2) is 5.71 Å². The van der Waals surface area contributed by atoms with Gasteiger partial charge in [-0.1, -0.05) is 41.7 Å². The van der Waals surface area contributed by atoms with Gasteiger partial charge in [0.2, 0.25) is 0 Å². The SMILES string of the molecule is N/N=C(\C=NCC1(F)CCC1)C(=O)NCc1nnc(-c2ccccc2)s1.[HH]. The van der Waals surface area contributed by atoms with Crippen LogP contribution in [-0.4, -0.2) is 40.2 Å². The summed E-state index contributed by atoms with van der Waals surface area (Å²) in [5.74, 6) is 4.74. The average molecular weight is 376 g/mol. The fraction of sp³-hybridized carbons (Fsp3) is 0.353. The van der Waals surface area contributed by atoms with Crippen molar-refractivity contribution in [3.63, 3.8) is 0 Å². The summed E-state index contributed by atoms with van der Waals surface area (Å²) in [6, 6.07) is 9.66. The van der Waals surface area contributed by atoms with Gasteiger partial charge in [-0.05, 0) is 19.3 Å². The Morgan fingerprint density at radius 2 is 2.15 bits per heavy atom. The van der Waals surface area contributed by atoms with Crippen molar-refractivity contribution >= 4 is 29.2 Å². The largest absolute Gasteiger partial charge is 0.344 e. The van der Waals surface area contributed by atoms with Crippen LogP contribution in [0.5, 0.6) is 0 Å². The van der Waals surface area contributed by atoms with Crippen LogP contribution in [0, 0.1) is 0 Å². The number of benzene rings is 1. The molecule has 0 bridgehead atoms. The molecule has 1 saturated carbocycles. The van der Waals surface area contributed by atoms with Crippen LogP contribution in [0.15, 0.2) is 40.4 Å². The summed E-state index contributed by atoms with van der Waals surface area (Å²) in [7, 11) is 0. The predicted molar refractivity (Wildman–Crippen MR) is 102 cm³/mol. The van der Waals surface area contributed by atoms with E-state index in [9.17, 15) is 9.18 Å². The van der Waals surface area contributed by atoms with Crippen LogP contribution < -0.4 is 11.2 Å². The molecule has 1 aromatic carbocycles. The molecule has 1 fully saturated rings. The highest BCUT2D eigenvalue weighted by atomic mass is 32.1.